The first-order valence-corrected chi connectivity index (χ1v) is 10.8. The average molecular weight is 457 g/mol. The minimum atomic E-state index is -0.228. The summed E-state index contributed by atoms with van der Waals surface area (Å²) < 4.78 is 3.53. The van der Waals surface area contributed by atoms with Crippen LogP contribution in [0.1, 0.15) is 21.6 Å². The summed E-state index contributed by atoms with van der Waals surface area (Å²) in [5, 5.41) is 13.1. The Bertz CT molecular complexity index is 1490. The highest BCUT2D eigenvalue weighted by molar-refractivity contribution is 6.31. The van der Waals surface area contributed by atoms with E-state index in [4.69, 9.17) is 16.6 Å². The van der Waals surface area contributed by atoms with Crippen molar-refractivity contribution in [1.82, 2.24) is 24.5 Å². The van der Waals surface area contributed by atoms with Gasteiger partial charge in [0.15, 0.2) is 0 Å². The Morgan fingerprint density at radius 2 is 1.85 bits per heavy atom. The first kappa shape index (κ1) is 20.9. The maximum absolute atomic E-state index is 13.3. The van der Waals surface area contributed by atoms with Gasteiger partial charge in [0.25, 0.3) is 5.91 Å². The third-order valence-electron chi connectivity index (χ3n) is 5.65. The van der Waals surface area contributed by atoms with Crippen molar-refractivity contribution in [3.05, 3.63) is 95.0 Å². The molecule has 1 N–H and O–H groups in total. The third-order valence-corrected chi connectivity index (χ3v) is 6.02. The fourth-order valence-corrected chi connectivity index (χ4v) is 3.96. The SMILES string of the molecule is Cc1c(-c2cc(C(=O)Nc3cnn(Cc4ccccc4Cl)c3)c3ccccc3n2)cnn1C. The van der Waals surface area contributed by atoms with Crippen molar-refractivity contribution in [1.29, 1.82) is 0 Å². The fourth-order valence-electron chi connectivity index (χ4n) is 3.77. The zero-order valence-electron chi connectivity index (χ0n) is 18.2. The summed E-state index contributed by atoms with van der Waals surface area (Å²) in [6.07, 6.45) is 5.19. The summed E-state index contributed by atoms with van der Waals surface area (Å²) in [5.41, 5.74) is 5.42. The number of carbonyl (C=O) groups is 1. The van der Waals surface area contributed by atoms with E-state index in [-0.39, 0.29) is 5.91 Å². The monoisotopic (exact) mass is 456 g/mol. The number of fused-ring (bicyclic) bond motifs is 1. The molecule has 0 fully saturated rings. The molecule has 3 heterocycles. The Labute approximate surface area is 195 Å². The van der Waals surface area contributed by atoms with Crippen LogP contribution in [0.4, 0.5) is 5.69 Å². The van der Waals surface area contributed by atoms with Gasteiger partial charge >= 0.3 is 0 Å². The number of nitrogens with zero attached hydrogens (tertiary/aromatic N) is 5. The van der Waals surface area contributed by atoms with Crippen LogP contribution < -0.4 is 5.32 Å². The van der Waals surface area contributed by atoms with Crippen LogP contribution in [0.2, 0.25) is 5.02 Å². The van der Waals surface area contributed by atoms with Crippen LogP contribution in [0, 0.1) is 6.92 Å². The molecule has 0 atom stereocenters. The topological polar surface area (TPSA) is 77.6 Å². The standard InChI is InChI=1S/C25H21ClN6O/c1-16-21(13-27-31(16)2)24-11-20(19-8-4-6-10-23(19)30-24)25(33)29-18-12-28-32(15-18)14-17-7-3-5-9-22(17)26/h3-13,15H,14H2,1-2H3,(H,29,33). The van der Waals surface area contributed by atoms with E-state index in [1.165, 1.54) is 0 Å². The highest BCUT2D eigenvalue weighted by atomic mass is 35.5. The van der Waals surface area contributed by atoms with Gasteiger partial charge in [-0.3, -0.25) is 14.2 Å². The number of nitrogens with one attached hydrogen (secondary N) is 1. The second-order valence-electron chi connectivity index (χ2n) is 7.81. The number of aromatic nitrogens is 5. The number of anilines is 1. The van der Waals surface area contributed by atoms with E-state index in [1.807, 2.05) is 68.6 Å². The van der Waals surface area contributed by atoms with Crippen LogP contribution in [0.15, 0.2) is 73.2 Å². The molecule has 7 nitrogen and oxygen atoms in total. The smallest absolute Gasteiger partial charge is 0.256 e. The zero-order valence-corrected chi connectivity index (χ0v) is 18.9. The Kier molecular flexibility index (Phi) is 5.40. The number of hydrogen-bond donors (Lipinski definition) is 1. The third kappa shape index (κ3) is 4.10. The lowest BCUT2D eigenvalue weighted by Crippen LogP contribution is -2.13. The largest absolute Gasteiger partial charge is 0.319 e. The second kappa shape index (κ2) is 8.52. The number of para-hydroxylation sites is 1. The summed E-state index contributed by atoms with van der Waals surface area (Å²) in [5.74, 6) is -0.228. The van der Waals surface area contributed by atoms with Crippen molar-refractivity contribution in [2.24, 2.45) is 7.05 Å². The van der Waals surface area contributed by atoms with E-state index >= 15 is 0 Å². The first-order chi connectivity index (χ1) is 16.0. The minimum absolute atomic E-state index is 0.228. The van der Waals surface area contributed by atoms with Crippen molar-refractivity contribution < 1.29 is 4.79 Å². The number of amides is 1. The molecule has 0 aliphatic rings. The van der Waals surface area contributed by atoms with Gasteiger partial charge in [0.2, 0.25) is 0 Å². The predicted octanol–water partition coefficient (Wildman–Crippen LogP) is 5.09. The summed E-state index contributed by atoms with van der Waals surface area (Å²) in [7, 11) is 1.88. The maximum Gasteiger partial charge on any atom is 0.256 e. The van der Waals surface area contributed by atoms with Crippen LogP contribution in [-0.4, -0.2) is 30.5 Å². The number of aryl methyl sites for hydroxylation is 1. The Balaban J connectivity index is 1.46. The van der Waals surface area contributed by atoms with E-state index < -0.39 is 0 Å². The lowest BCUT2D eigenvalue weighted by atomic mass is 10.0. The molecule has 2 aromatic carbocycles. The van der Waals surface area contributed by atoms with Gasteiger partial charge in [-0.1, -0.05) is 48.0 Å². The summed E-state index contributed by atoms with van der Waals surface area (Å²) in [6.45, 7) is 2.49. The molecule has 5 aromatic rings. The first-order valence-electron chi connectivity index (χ1n) is 10.5. The molecular formula is C25H21ClN6O. The summed E-state index contributed by atoms with van der Waals surface area (Å²) in [4.78, 5) is 18.1. The van der Waals surface area contributed by atoms with Gasteiger partial charge in [0, 0.05) is 34.9 Å². The van der Waals surface area contributed by atoms with Crippen LogP contribution in [0.25, 0.3) is 22.2 Å². The van der Waals surface area contributed by atoms with Crippen LogP contribution in [0.3, 0.4) is 0 Å². The minimum Gasteiger partial charge on any atom is -0.319 e. The van der Waals surface area contributed by atoms with Crippen molar-refractivity contribution in [2.45, 2.75) is 13.5 Å². The molecule has 0 spiro atoms. The predicted molar refractivity (Wildman–Crippen MR) is 129 cm³/mol. The number of hydrogen-bond acceptors (Lipinski definition) is 4. The molecule has 0 aliphatic heterocycles. The van der Waals surface area contributed by atoms with Crippen molar-refractivity contribution in [3.63, 3.8) is 0 Å². The van der Waals surface area contributed by atoms with Gasteiger partial charge in [-0.2, -0.15) is 10.2 Å². The number of rotatable bonds is 5. The van der Waals surface area contributed by atoms with E-state index in [2.05, 4.69) is 15.5 Å². The second-order valence-corrected chi connectivity index (χ2v) is 8.22. The normalized spacial score (nSPS) is 11.1. The summed E-state index contributed by atoms with van der Waals surface area (Å²) in [6, 6.07) is 17.1. The molecule has 0 unspecified atom stereocenters. The molecule has 1 amide bonds. The van der Waals surface area contributed by atoms with Gasteiger partial charge < -0.3 is 5.32 Å². The highest BCUT2D eigenvalue weighted by Gasteiger charge is 2.17. The molecule has 0 saturated carbocycles. The van der Waals surface area contributed by atoms with Gasteiger partial charge in [0.05, 0.1) is 41.4 Å². The fraction of sp³-hybridized carbons (Fsp3) is 0.120. The molecule has 33 heavy (non-hydrogen) atoms. The van der Waals surface area contributed by atoms with E-state index in [0.29, 0.717) is 28.5 Å². The average Bonchev–Trinajstić information content (AvgIpc) is 3.40. The molecular weight excluding hydrogens is 436 g/mol. The van der Waals surface area contributed by atoms with Gasteiger partial charge in [-0.25, -0.2) is 4.98 Å². The molecule has 0 radical (unpaired) electrons. The molecule has 0 bridgehead atoms. The number of pyridine rings is 1. The lowest BCUT2D eigenvalue weighted by Gasteiger charge is -2.10. The van der Waals surface area contributed by atoms with E-state index in [0.717, 1.165) is 27.7 Å². The Hall–Kier alpha value is -3.97. The van der Waals surface area contributed by atoms with Gasteiger partial charge in [-0.05, 0) is 30.7 Å². The number of benzene rings is 2. The van der Waals surface area contributed by atoms with Crippen molar-refractivity contribution in [2.75, 3.05) is 5.32 Å². The highest BCUT2D eigenvalue weighted by Crippen LogP contribution is 2.27. The van der Waals surface area contributed by atoms with Crippen LogP contribution in [0.5, 0.6) is 0 Å². The molecule has 0 aliphatic carbocycles. The molecule has 8 heteroatoms. The Morgan fingerprint density at radius 3 is 2.64 bits per heavy atom. The van der Waals surface area contributed by atoms with Gasteiger partial charge in [-0.15, -0.1) is 0 Å². The van der Waals surface area contributed by atoms with E-state index in [1.54, 1.807) is 28.0 Å². The van der Waals surface area contributed by atoms with Crippen molar-refractivity contribution in [3.8, 4) is 11.3 Å². The molecule has 3 aromatic heterocycles. The number of carbonyl (C=O) groups excluding carboxylic acids is 1. The van der Waals surface area contributed by atoms with Crippen LogP contribution >= 0.6 is 11.6 Å². The molecule has 5 rings (SSSR count). The van der Waals surface area contributed by atoms with Crippen LogP contribution in [-0.2, 0) is 13.6 Å². The van der Waals surface area contributed by atoms with E-state index in [9.17, 15) is 4.79 Å². The quantitative estimate of drug-likeness (QED) is 0.399. The Morgan fingerprint density at radius 1 is 1.06 bits per heavy atom. The lowest BCUT2D eigenvalue weighted by molar-refractivity contribution is 0.102. The van der Waals surface area contributed by atoms with Crippen molar-refractivity contribution >= 4 is 34.1 Å². The number of halogens is 1. The van der Waals surface area contributed by atoms with Gasteiger partial charge in [0.1, 0.15) is 0 Å². The maximum atomic E-state index is 13.3. The summed E-state index contributed by atoms with van der Waals surface area (Å²) >= 11 is 6.26. The molecule has 164 valence electrons. The zero-order chi connectivity index (χ0) is 22.9. The molecule has 0 saturated heterocycles.